The van der Waals surface area contributed by atoms with Gasteiger partial charge in [-0.05, 0) is 7.05 Å². The largest absolute Gasteiger partial charge is 0.328 e. The van der Waals surface area contributed by atoms with Gasteiger partial charge in [0, 0.05) is 13.6 Å². The predicted molar refractivity (Wildman–Crippen MR) is 38.2 cm³/mol. The molecule has 10 heavy (non-hydrogen) atoms. The molecule has 2 N–H and O–H groups in total. The van der Waals surface area contributed by atoms with Crippen LogP contribution in [-0.2, 0) is 4.79 Å². The average Bonchev–Trinajstić information content (AvgIpc) is 1.82. The first-order chi connectivity index (χ1) is 4.61. The van der Waals surface area contributed by atoms with Crippen molar-refractivity contribution >= 4 is 5.91 Å². The fraction of sp³-hybridized carbons (Fsp3) is 0.833. The Hall–Kier alpha value is -0.610. The van der Waals surface area contributed by atoms with Gasteiger partial charge in [-0.1, -0.05) is 0 Å². The molecule has 1 aliphatic heterocycles. The molecule has 4 nitrogen and oxygen atoms in total. The van der Waals surface area contributed by atoms with Crippen molar-refractivity contribution in [1.82, 2.24) is 9.80 Å². The van der Waals surface area contributed by atoms with E-state index in [-0.39, 0.29) is 12.1 Å². The fourth-order valence-electron chi connectivity index (χ4n) is 1.03. The molecule has 1 aliphatic rings. The van der Waals surface area contributed by atoms with E-state index in [0.717, 1.165) is 6.54 Å². The maximum absolute atomic E-state index is 11.0. The number of amides is 1. The molecule has 1 amide bonds. The molecule has 1 saturated heterocycles. The van der Waals surface area contributed by atoms with E-state index in [4.69, 9.17) is 5.73 Å². The number of carbonyl (C=O) groups is 1. The maximum atomic E-state index is 11.0. The summed E-state index contributed by atoms with van der Waals surface area (Å²) in [4.78, 5) is 14.5. The van der Waals surface area contributed by atoms with E-state index in [1.165, 1.54) is 0 Å². The summed E-state index contributed by atoms with van der Waals surface area (Å²) in [5, 5.41) is 0. The molecule has 0 bridgehead atoms. The van der Waals surface area contributed by atoms with Crippen molar-refractivity contribution in [3.63, 3.8) is 0 Å². The van der Waals surface area contributed by atoms with Gasteiger partial charge in [0.15, 0.2) is 0 Å². The molecule has 0 aromatic heterocycles. The van der Waals surface area contributed by atoms with Crippen molar-refractivity contribution in [3.8, 4) is 0 Å². The molecule has 0 radical (unpaired) electrons. The molecule has 0 aromatic rings. The number of nitrogens with two attached hydrogens (primary N) is 1. The smallest absolute Gasteiger partial charge is 0.237 e. The molecule has 1 atom stereocenters. The third-order valence-corrected chi connectivity index (χ3v) is 1.79. The summed E-state index contributed by atoms with van der Waals surface area (Å²) in [6.45, 7) is 1.26. The van der Waals surface area contributed by atoms with Gasteiger partial charge in [-0.25, -0.2) is 0 Å². The lowest BCUT2D eigenvalue weighted by atomic mass is 10.3. The van der Waals surface area contributed by atoms with Gasteiger partial charge in [0.2, 0.25) is 5.91 Å². The third-order valence-electron chi connectivity index (χ3n) is 1.79. The topological polar surface area (TPSA) is 49.6 Å². The zero-order chi connectivity index (χ0) is 7.72. The minimum absolute atomic E-state index is 0.0984. The molecule has 0 aliphatic carbocycles. The van der Waals surface area contributed by atoms with Crippen LogP contribution in [0.2, 0.25) is 0 Å². The number of rotatable bonds is 0. The summed E-state index contributed by atoms with van der Waals surface area (Å²) >= 11 is 0. The van der Waals surface area contributed by atoms with E-state index in [1.54, 1.807) is 11.9 Å². The summed E-state index contributed by atoms with van der Waals surface area (Å²) in [5.41, 5.74) is 5.62. The van der Waals surface area contributed by atoms with E-state index >= 15 is 0 Å². The van der Waals surface area contributed by atoms with Gasteiger partial charge in [0.05, 0.1) is 12.7 Å². The van der Waals surface area contributed by atoms with Crippen molar-refractivity contribution in [2.24, 2.45) is 5.73 Å². The van der Waals surface area contributed by atoms with Crippen molar-refractivity contribution < 1.29 is 4.79 Å². The van der Waals surface area contributed by atoms with Crippen molar-refractivity contribution in [2.75, 3.05) is 27.2 Å². The van der Waals surface area contributed by atoms with Gasteiger partial charge in [-0.3, -0.25) is 9.69 Å². The highest BCUT2D eigenvalue weighted by Crippen LogP contribution is 2.01. The summed E-state index contributed by atoms with van der Waals surface area (Å²) in [6.07, 6.45) is -0.133. The normalized spacial score (nSPS) is 29.3. The lowest BCUT2D eigenvalue weighted by Gasteiger charge is -2.34. The number of piperazine rings is 1. The van der Waals surface area contributed by atoms with Crippen LogP contribution in [0.5, 0.6) is 0 Å². The van der Waals surface area contributed by atoms with Crippen LogP contribution in [0.4, 0.5) is 0 Å². The van der Waals surface area contributed by atoms with Crippen LogP contribution in [0.3, 0.4) is 0 Å². The molecule has 1 heterocycles. The Kier molecular flexibility index (Phi) is 1.92. The van der Waals surface area contributed by atoms with E-state index in [9.17, 15) is 4.79 Å². The standard InChI is InChI=1S/C6H13N3O/c1-8-3-5(7)9(2)6(10)4-8/h5H,3-4,7H2,1-2H3. The summed E-state index contributed by atoms with van der Waals surface area (Å²) in [5.74, 6) is 0.0984. The maximum Gasteiger partial charge on any atom is 0.237 e. The first kappa shape index (κ1) is 7.50. The highest BCUT2D eigenvalue weighted by molar-refractivity contribution is 5.79. The quantitative estimate of drug-likeness (QED) is 0.457. The molecule has 1 rings (SSSR count). The molecule has 58 valence electrons. The minimum Gasteiger partial charge on any atom is -0.328 e. The van der Waals surface area contributed by atoms with Crippen LogP contribution in [0.15, 0.2) is 0 Å². The van der Waals surface area contributed by atoms with Crippen molar-refractivity contribution in [1.29, 1.82) is 0 Å². The third kappa shape index (κ3) is 1.27. The van der Waals surface area contributed by atoms with Crippen molar-refractivity contribution in [3.05, 3.63) is 0 Å². The predicted octanol–water partition coefficient (Wildman–Crippen LogP) is -1.32. The van der Waals surface area contributed by atoms with Crippen LogP contribution in [0.1, 0.15) is 0 Å². The van der Waals surface area contributed by atoms with Crippen LogP contribution >= 0.6 is 0 Å². The van der Waals surface area contributed by atoms with Gasteiger partial charge in [-0.15, -0.1) is 0 Å². The first-order valence-corrected chi connectivity index (χ1v) is 3.31. The molecule has 0 spiro atoms. The molecule has 0 saturated carbocycles. The van der Waals surface area contributed by atoms with E-state index in [2.05, 4.69) is 0 Å². The van der Waals surface area contributed by atoms with Gasteiger partial charge in [0.1, 0.15) is 0 Å². The van der Waals surface area contributed by atoms with Gasteiger partial charge < -0.3 is 10.6 Å². The zero-order valence-corrected chi connectivity index (χ0v) is 6.37. The molecular formula is C6H13N3O. The monoisotopic (exact) mass is 143 g/mol. The van der Waals surface area contributed by atoms with Gasteiger partial charge in [-0.2, -0.15) is 0 Å². The first-order valence-electron chi connectivity index (χ1n) is 3.31. The number of carbonyl (C=O) groups excluding carboxylic acids is 1. The summed E-state index contributed by atoms with van der Waals surface area (Å²) in [6, 6.07) is 0. The van der Waals surface area contributed by atoms with Gasteiger partial charge in [0.25, 0.3) is 0 Å². The lowest BCUT2D eigenvalue weighted by Crippen LogP contribution is -2.57. The van der Waals surface area contributed by atoms with Gasteiger partial charge >= 0.3 is 0 Å². The molecule has 0 aromatic carbocycles. The van der Waals surface area contributed by atoms with Crippen LogP contribution < -0.4 is 5.73 Å². The number of hydrogen-bond acceptors (Lipinski definition) is 3. The Morgan fingerprint density at radius 3 is 2.70 bits per heavy atom. The second kappa shape index (κ2) is 2.56. The molecule has 1 fully saturated rings. The zero-order valence-electron chi connectivity index (χ0n) is 6.37. The highest BCUT2D eigenvalue weighted by atomic mass is 16.2. The second-order valence-corrected chi connectivity index (χ2v) is 2.77. The summed E-state index contributed by atoms with van der Waals surface area (Å²) < 4.78 is 0. The van der Waals surface area contributed by atoms with E-state index in [1.807, 2.05) is 11.9 Å². The second-order valence-electron chi connectivity index (χ2n) is 2.77. The Bertz CT molecular complexity index is 148. The fourth-order valence-corrected chi connectivity index (χ4v) is 1.03. The van der Waals surface area contributed by atoms with Crippen LogP contribution in [0, 0.1) is 0 Å². The minimum atomic E-state index is -0.133. The molecule has 4 heteroatoms. The Balaban J connectivity index is 2.57. The van der Waals surface area contributed by atoms with Crippen LogP contribution in [-0.4, -0.2) is 49.1 Å². The van der Waals surface area contributed by atoms with Crippen molar-refractivity contribution in [2.45, 2.75) is 6.17 Å². The highest BCUT2D eigenvalue weighted by Gasteiger charge is 2.24. The Morgan fingerprint density at radius 1 is 1.60 bits per heavy atom. The summed E-state index contributed by atoms with van der Waals surface area (Å²) in [7, 11) is 3.63. The molecular weight excluding hydrogens is 130 g/mol. The van der Waals surface area contributed by atoms with E-state index in [0.29, 0.717) is 6.54 Å². The average molecular weight is 143 g/mol. The Labute approximate surface area is 60.6 Å². The molecule has 1 unspecified atom stereocenters. The number of likely N-dealkylation sites (N-methyl/N-ethyl adjacent to an activating group) is 2. The van der Waals surface area contributed by atoms with Crippen LogP contribution in [0.25, 0.3) is 0 Å². The Morgan fingerprint density at radius 2 is 2.20 bits per heavy atom. The van der Waals surface area contributed by atoms with E-state index < -0.39 is 0 Å². The number of hydrogen-bond donors (Lipinski definition) is 1. The number of nitrogens with zero attached hydrogens (tertiary/aromatic N) is 2. The SMILES string of the molecule is CN1CC(=O)N(C)C(N)C1. The lowest BCUT2D eigenvalue weighted by molar-refractivity contribution is -0.136.